The van der Waals surface area contributed by atoms with Gasteiger partial charge >= 0.3 is 0 Å². The smallest absolute Gasteiger partial charge is 0.227 e. The molecular weight excluding hydrogens is 393 g/mol. The molecule has 3 heterocycles. The van der Waals surface area contributed by atoms with Crippen LogP contribution in [0, 0.1) is 11.7 Å². The first kappa shape index (κ1) is 20.3. The van der Waals surface area contributed by atoms with Crippen molar-refractivity contribution in [1.29, 1.82) is 0 Å². The van der Waals surface area contributed by atoms with Crippen molar-refractivity contribution in [1.82, 2.24) is 14.8 Å². The number of hydrogen-bond donors (Lipinski definition) is 0. The second-order valence-electron chi connectivity index (χ2n) is 7.49. The average molecular weight is 420 g/mol. The Kier molecular flexibility index (Phi) is 6.74. The van der Waals surface area contributed by atoms with E-state index < -0.39 is 0 Å². The van der Waals surface area contributed by atoms with Gasteiger partial charge in [0.1, 0.15) is 23.2 Å². The summed E-state index contributed by atoms with van der Waals surface area (Å²) in [5.74, 6) is 0.691. The molecule has 29 heavy (non-hydrogen) atoms. The molecule has 1 amide bonds. The molecule has 1 unspecified atom stereocenters. The Morgan fingerprint density at radius 3 is 2.83 bits per heavy atom. The van der Waals surface area contributed by atoms with Crippen molar-refractivity contribution in [3.63, 3.8) is 0 Å². The van der Waals surface area contributed by atoms with Crippen LogP contribution in [0.15, 0.2) is 29.6 Å². The Hall–Kier alpha value is -2.03. The molecule has 2 aliphatic heterocycles. The van der Waals surface area contributed by atoms with Gasteiger partial charge in [-0.1, -0.05) is 0 Å². The second-order valence-corrected chi connectivity index (χ2v) is 8.43. The fourth-order valence-corrected chi connectivity index (χ4v) is 4.53. The molecule has 0 spiro atoms. The molecule has 0 aliphatic carbocycles. The van der Waals surface area contributed by atoms with E-state index in [2.05, 4.69) is 15.3 Å². The van der Waals surface area contributed by atoms with E-state index in [1.807, 2.05) is 4.90 Å². The molecule has 6 nitrogen and oxygen atoms in total. The van der Waals surface area contributed by atoms with Crippen LogP contribution in [0.25, 0.3) is 0 Å². The van der Waals surface area contributed by atoms with Gasteiger partial charge in [0.2, 0.25) is 5.91 Å². The third-order valence-corrected chi connectivity index (χ3v) is 6.21. The number of carbonyl (C=O) groups is 1. The van der Waals surface area contributed by atoms with E-state index in [0.29, 0.717) is 38.7 Å². The van der Waals surface area contributed by atoms with Crippen molar-refractivity contribution in [3.05, 3.63) is 46.2 Å². The number of morpholine rings is 1. The van der Waals surface area contributed by atoms with E-state index in [0.717, 1.165) is 43.2 Å². The summed E-state index contributed by atoms with van der Waals surface area (Å²) in [6, 6.07) is 5.99. The van der Waals surface area contributed by atoms with Gasteiger partial charge in [0.15, 0.2) is 0 Å². The van der Waals surface area contributed by atoms with Gasteiger partial charge in [0.25, 0.3) is 0 Å². The number of piperidine rings is 1. The summed E-state index contributed by atoms with van der Waals surface area (Å²) < 4.78 is 24.0. The zero-order valence-corrected chi connectivity index (χ0v) is 17.2. The van der Waals surface area contributed by atoms with Crippen LogP contribution in [0.5, 0.6) is 5.75 Å². The van der Waals surface area contributed by atoms with E-state index in [4.69, 9.17) is 9.47 Å². The van der Waals surface area contributed by atoms with Crippen LogP contribution in [-0.2, 0) is 22.7 Å². The lowest BCUT2D eigenvalue weighted by Crippen LogP contribution is -2.48. The van der Waals surface area contributed by atoms with Crippen molar-refractivity contribution < 1.29 is 18.7 Å². The Labute approximate surface area is 174 Å². The quantitative estimate of drug-likeness (QED) is 0.721. The van der Waals surface area contributed by atoms with Gasteiger partial charge in [0, 0.05) is 31.6 Å². The first-order chi connectivity index (χ1) is 14.2. The number of likely N-dealkylation sites (tertiary alicyclic amines) is 1. The van der Waals surface area contributed by atoms with Crippen LogP contribution >= 0.6 is 11.3 Å². The number of rotatable bonds is 6. The number of benzene rings is 1. The molecule has 2 aliphatic rings. The Balaban J connectivity index is 1.27. The van der Waals surface area contributed by atoms with Crippen LogP contribution < -0.4 is 4.74 Å². The van der Waals surface area contributed by atoms with Gasteiger partial charge in [-0.05, 0) is 43.7 Å². The zero-order valence-electron chi connectivity index (χ0n) is 16.4. The zero-order chi connectivity index (χ0) is 20.1. The highest BCUT2D eigenvalue weighted by Crippen LogP contribution is 2.22. The number of hydrogen-bond acceptors (Lipinski definition) is 6. The predicted molar refractivity (Wildman–Crippen MR) is 108 cm³/mol. The number of carbonyl (C=O) groups excluding carboxylic acids is 1. The van der Waals surface area contributed by atoms with Crippen LogP contribution in [0.3, 0.4) is 0 Å². The minimum Gasteiger partial charge on any atom is -0.486 e. The average Bonchev–Trinajstić information content (AvgIpc) is 3.21. The summed E-state index contributed by atoms with van der Waals surface area (Å²) >= 11 is 1.56. The lowest BCUT2D eigenvalue weighted by molar-refractivity contribution is -0.141. The van der Waals surface area contributed by atoms with Gasteiger partial charge in [-0.3, -0.25) is 9.69 Å². The highest BCUT2D eigenvalue weighted by atomic mass is 32.1. The van der Waals surface area contributed by atoms with Gasteiger partial charge in [-0.25, -0.2) is 9.37 Å². The number of amides is 1. The highest BCUT2D eigenvalue weighted by Gasteiger charge is 2.30. The molecule has 4 rings (SSSR count). The molecule has 2 saturated heterocycles. The molecule has 0 bridgehead atoms. The number of nitrogens with zero attached hydrogens (tertiary/aromatic N) is 3. The number of aromatic nitrogens is 1. The predicted octanol–water partition coefficient (Wildman–Crippen LogP) is 2.93. The Bertz CT molecular complexity index is 808. The van der Waals surface area contributed by atoms with Crippen molar-refractivity contribution in [2.45, 2.75) is 26.0 Å². The van der Waals surface area contributed by atoms with E-state index >= 15 is 0 Å². The van der Waals surface area contributed by atoms with Gasteiger partial charge in [-0.15, -0.1) is 11.3 Å². The van der Waals surface area contributed by atoms with Crippen molar-refractivity contribution in [3.8, 4) is 5.75 Å². The van der Waals surface area contributed by atoms with Gasteiger partial charge in [0.05, 0.1) is 24.8 Å². The SMILES string of the molecule is O=C(C1CCCN(Cc2csc(COc3ccc(F)cc3)n2)C1)N1CCOCC1. The van der Waals surface area contributed by atoms with E-state index in [1.54, 1.807) is 23.5 Å². The number of thiazole rings is 1. The maximum Gasteiger partial charge on any atom is 0.227 e. The Morgan fingerprint density at radius 2 is 2.03 bits per heavy atom. The summed E-state index contributed by atoms with van der Waals surface area (Å²) in [6.45, 7) is 5.60. The molecule has 2 aromatic rings. The van der Waals surface area contributed by atoms with Crippen LogP contribution in [-0.4, -0.2) is 60.1 Å². The fraction of sp³-hybridized carbons (Fsp3) is 0.524. The van der Waals surface area contributed by atoms with Crippen molar-refractivity contribution in [2.75, 3.05) is 39.4 Å². The number of halogens is 1. The minimum absolute atomic E-state index is 0.0711. The molecule has 8 heteroatoms. The van der Waals surface area contributed by atoms with E-state index in [1.165, 1.54) is 12.1 Å². The first-order valence-electron chi connectivity index (χ1n) is 10.1. The molecule has 0 radical (unpaired) electrons. The third kappa shape index (κ3) is 5.52. The summed E-state index contributed by atoms with van der Waals surface area (Å²) in [5.41, 5.74) is 1.01. The summed E-state index contributed by atoms with van der Waals surface area (Å²) in [7, 11) is 0. The summed E-state index contributed by atoms with van der Waals surface area (Å²) in [4.78, 5) is 21.7. The third-order valence-electron chi connectivity index (χ3n) is 5.34. The van der Waals surface area contributed by atoms with Crippen LogP contribution in [0.2, 0.25) is 0 Å². The molecular formula is C21H26FN3O3S. The Morgan fingerprint density at radius 1 is 1.24 bits per heavy atom. The van der Waals surface area contributed by atoms with Crippen LogP contribution in [0.1, 0.15) is 23.5 Å². The normalized spacial score (nSPS) is 20.6. The molecule has 1 aromatic carbocycles. The van der Waals surface area contributed by atoms with Crippen LogP contribution in [0.4, 0.5) is 4.39 Å². The van der Waals surface area contributed by atoms with Gasteiger partial charge < -0.3 is 14.4 Å². The standard InChI is InChI=1S/C21H26FN3O3S/c22-17-3-5-19(6-4-17)28-14-20-23-18(15-29-20)13-24-7-1-2-16(12-24)21(26)25-8-10-27-11-9-25/h3-6,15-16H,1-2,7-14H2. The summed E-state index contributed by atoms with van der Waals surface area (Å²) in [5, 5.41) is 2.94. The largest absolute Gasteiger partial charge is 0.486 e. The maximum absolute atomic E-state index is 13.0. The maximum atomic E-state index is 13.0. The molecule has 2 fully saturated rings. The number of ether oxygens (including phenoxy) is 2. The van der Waals surface area contributed by atoms with Crippen molar-refractivity contribution >= 4 is 17.2 Å². The highest BCUT2D eigenvalue weighted by molar-refractivity contribution is 7.09. The van der Waals surface area contributed by atoms with Gasteiger partial charge in [-0.2, -0.15) is 0 Å². The van der Waals surface area contributed by atoms with E-state index in [9.17, 15) is 9.18 Å². The summed E-state index contributed by atoms with van der Waals surface area (Å²) in [6.07, 6.45) is 1.99. The molecule has 0 saturated carbocycles. The monoisotopic (exact) mass is 419 g/mol. The molecule has 1 aromatic heterocycles. The van der Waals surface area contributed by atoms with Crippen molar-refractivity contribution in [2.24, 2.45) is 5.92 Å². The second kappa shape index (κ2) is 9.65. The topological polar surface area (TPSA) is 54.9 Å². The molecule has 156 valence electrons. The fourth-order valence-electron chi connectivity index (χ4n) is 3.84. The van der Waals surface area contributed by atoms with E-state index in [-0.39, 0.29) is 17.6 Å². The molecule has 1 atom stereocenters. The lowest BCUT2D eigenvalue weighted by atomic mass is 9.96. The first-order valence-corrected chi connectivity index (χ1v) is 11.0. The molecule has 0 N–H and O–H groups in total. The lowest BCUT2D eigenvalue weighted by Gasteiger charge is -2.36. The minimum atomic E-state index is -0.277.